The monoisotopic (exact) mass is 345 g/mol. The lowest BCUT2D eigenvalue weighted by Crippen LogP contribution is -2.43. The van der Waals surface area contributed by atoms with E-state index in [0.29, 0.717) is 18.7 Å². The van der Waals surface area contributed by atoms with E-state index in [2.05, 4.69) is 10.3 Å². The largest absolute Gasteiger partial charge is 0.325 e. The van der Waals surface area contributed by atoms with E-state index in [-0.39, 0.29) is 11.8 Å². The lowest BCUT2D eigenvalue weighted by molar-refractivity contribution is -0.119. The number of anilines is 1. The van der Waals surface area contributed by atoms with Gasteiger partial charge in [0.05, 0.1) is 5.52 Å². The Kier molecular flexibility index (Phi) is 4.35. The number of hydrogen-bond donors (Lipinski definition) is 1. The van der Waals surface area contributed by atoms with Crippen LogP contribution in [0.4, 0.5) is 5.69 Å². The molecule has 1 fully saturated rings. The molecule has 0 unspecified atom stereocenters. The fourth-order valence-corrected chi connectivity index (χ4v) is 3.36. The van der Waals surface area contributed by atoms with E-state index in [1.54, 1.807) is 11.0 Å². The Labute approximate surface area is 151 Å². The second-order valence-electron chi connectivity index (χ2n) is 6.40. The SMILES string of the molecule is O=C(Nc1ccccc1)[C@H]1CCCN1C(=O)c1ccc2ccccc2n1. The summed E-state index contributed by atoms with van der Waals surface area (Å²) < 4.78 is 0. The molecule has 4 rings (SSSR count). The Balaban J connectivity index is 1.55. The third kappa shape index (κ3) is 3.16. The van der Waals surface area contributed by atoms with Gasteiger partial charge in [0.1, 0.15) is 11.7 Å². The van der Waals surface area contributed by atoms with Gasteiger partial charge in [-0.15, -0.1) is 0 Å². The van der Waals surface area contributed by atoms with Crippen LogP contribution < -0.4 is 5.32 Å². The van der Waals surface area contributed by atoms with Crippen molar-refractivity contribution in [3.63, 3.8) is 0 Å². The van der Waals surface area contributed by atoms with Crippen LogP contribution in [-0.2, 0) is 4.79 Å². The summed E-state index contributed by atoms with van der Waals surface area (Å²) in [5, 5.41) is 3.89. The lowest BCUT2D eigenvalue weighted by atomic mass is 10.1. The smallest absolute Gasteiger partial charge is 0.273 e. The number of rotatable bonds is 3. The molecule has 1 aromatic heterocycles. The summed E-state index contributed by atoms with van der Waals surface area (Å²) in [5.41, 5.74) is 1.89. The molecular formula is C21H19N3O2. The number of benzene rings is 2. The first-order valence-corrected chi connectivity index (χ1v) is 8.75. The summed E-state index contributed by atoms with van der Waals surface area (Å²) >= 11 is 0. The number of pyridine rings is 1. The maximum absolute atomic E-state index is 12.9. The number of nitrogens with one attached hydrogen (secondary N) is 1. The highest BCUT2D eigenvalue weighted by Crippen LogP contribution is 2.22. The van der Waals surface area contributed by atoms with Crippen LogP contribution in [0.5, 0.6) is 0 Å². The van der Waals surface area contributed by atoms with E-state index < -0.39 is 6.04 Å². The molecule has 0 aliphatic carbocycles. The first-order valence-electron chi connectivity index (χ1n) is 8.75. The molecule has 0 spiro atoms. The third-order valence-corrected chi connectivity index (χ3v) is 4.68. The molecule has 0 saturated carbocycles. The minimum atomic E-state index is -0.462. The van der Waals surface area contributed by atoms with Gasteiger partial charge < -0.3 is 10.2 Å². The minimum Gasteiger partial charge on any atom is -0.325 e. The molecule has 2 aromatic carbocycles. The van der Waals surface area contributed by atoms with Crippen molar-refractivity contribution in [3.8, 4) is 0 Å². The molecule has 0 bridgehead atoms. The van der Waals surface area contributed by atoms with Gasteiger partial charge in [-0.2, -0.15) is 0 Å². The van der Waals surface area contributed by atoms with Gasteiger partial charge in [-0.1, -0.05) is 42.5 Å². The molecule has 2 amide bonds. The molecule has 1 aliphatic heterocycles. The van der Waals surface area contributed by atoms with E-state index >= 15 is 0 Å². The van der Waals surface area contributed by atoms with Gasteiger partial charge in [0, 0.05) is 17.6 Å². The fraction of sp³-hybridized carbons (Fsp3) is 0.190. The molecule has 5 nitrogen and oxygen atoms in total. The molecule has 2 heterocycles. The van der Waals surface area contributed by atoms with Gasteiger partial charge in [0.2, 0.25) is 5.91 Å². The Bertz CT molecular complexity index is 956. The summed E-state index contributed by atoms with van der Waals surface area (Å²) in [6.07, 6.45) is 1.48. The topological polar surface area (TPSA) is 62.3 Å². The highest BCUT2D eigenvalue weighted by molar-refractivity contribution is 6.01. The third-order valence-electron chi connectivity index (χ3n) is 4.68. The molecule has 26 heavy (non-hydrogen) atoms. The van der Waals surface area contributed by atoms with Crippen molar-refractivity contribution >= 4 is 28.4 Å². The zero-order chi connectivity index (χ0) is 17.9. The van der Waals surface area contributed by atoms with Crippen LogP contribution in [0.1, 0.15) is 23.3 Å². The zero-order valence-electron chi connectivity index (χ0n) is 14.3. The Morgan fingerprint density at radius 2 is 1.73 bits per heavy atom. The van der Waals surface area contributed by atoms with E-state index in [1.165, 1.54) is 0 Å². The van der Waals surface area contributed by atoms with Gasteiger partial charge in [0.15, 0.2) is 0 Å². The molecule has 1 saturated heterocycles. The van der Waals surface area contributed by atoms with Crippen LogP contribution in [0.2, 0.25) is 0 Å². The number of fused-ring (bicyclic) bond motifs is 1. The van der Waals surface area contributed by atoms with Gasteiger partial charge >= 0.3 is 0 Å². The van der Waals surface area contributed by atoms with E-state index in [1.807, 2.05) is 60.7 Å². The van der Waals surface area contributed by atoms with Crippen molar-refractivity contribution < 1.29 is 9.59 Å². The summed E-state index contributed by atoms with van der Waals surface area (Å²) in [6.45, 7) is 0.570. The van der Waals surface area contributed by atoms with E-state index in [0.717, 1.165) is 23.0 Å². The Morgan fingerprint density at radius 3 is 2.58 bits per heavy atom. The molecule has 0 radical (unpaired) electrons. The van der Waals surface area contributed by atoms with Crippen LogP contribution >= 0.6 is 0 Å². The maximum atomic E-state index is 12.9. The maximum Gasteiger partial charge on any atom is 0.273 e. The molecule has 1 atom stereocenters. The Morgan fingerprint density at radius 1 is 0.962 bits per heavy atom. The number of nitrogens with zero attached hydrogens (tertiary/aromatic N) is 2. The van der Waals surface area contributed by atoms with Crippen LogP contribution in [0, 0.1) is 0 Å². The second kappa shape index (κ2) is 6.96. The van der Waals surface area contributed by atoms with Crippen LogP contribution in [0.15, 0.2) is 66.7 Å². The van der Waals surface area contributed by atoms with Gasteiger partial charge in [-0.25, -0.2) is 4.98 Å². The summed E-state index contributed by atoms with van der Waals surface area (Å²) in [5.74, 6) is -0.343. The van der Waals surface area contributed by atoms with E-state index in [9.17, 15) is 9.59 Å². The van der Waals surface area contributed by atoms with Crippen LogP contribution in [0.25, 0.3) is 10.9 Å². The standard InChI is InChI=1S/C21H19N3O2/c25-20(22-16-8-2-1-3-9-16)19-11-6-14-24(19)21(26)18-13-12-15-7-4-5-10-17(15)23-18/h1-5,7-10,12-13,19H,6,11,14H2,(H,22,25)/t19-/m1/s1. The first-order chi connectivity index (χ1) is 12.7. The van der Waals surface area contributed by atoms with Crippen molar-refractivity contribution in [2.45, 2.75) is 18.9 Å². The van der Waals surface area contributed by atoms with Crippen molar-refractivity contribution in [2.75, 3.05) is 11.9 Å². The van der Waals surface area contributed by atoms with Crippen molar-refractivity contribution in [1.82, 2.24) is 9.88 Å². The number of para-hydroxylation sites is 2. The average molecular weight is 345 g/mol. The van der Waals surface area contributed by atoms with Crippen molar-refractivity contribution in [2.24, 2.45) is 0 Å². The number of carbonyl (C=O) groups excluding carboxylic acids is 2. The van der Waals surface area contributed by atoms with Crippen LogP contribution in [-0.4, -0.2) is 34.3 Å². The number of hydrogen-bond acceptors (Lipinski definition) is 3. The van der Waals surface area contributed by atoms with Gasteiger partial charge in [0.25, 0.3) is 5.91 Å². The van der Waals surface area contributed by atoms with Gasteiger partial charge in [-0.05, 0) is 37.1 Å². The average Bonchev–Trinajstić information content (AvgIpc) is 3.18. The molecule has 1 N–H and O–H groups in total. The predicted octanol–water partition coefficient (Wildman–Crippen LogP) is 3.48. The van der Waals surface area contributed by atoms with Crippen molar-refractivity contribution in [1.29, 1.82) is 0 Å². The fourth-order valence-electron chi connectivity index (χ4n) is 3.36. The molecular weight excluding hydrogens is 326 g/mol. The molecule has 5 heteroatoms. The zero-order valence-corrected chi connectivity index (χ0v) is 14.3. The number of amides is 2. The lowest BCUT2D eigenvalue weighted by Gasteiger charge is -2.23. The summed E-state index contributed by atoms with van der Waals surface area (Å²) in [4.78, 5) is 31.7. The van der Waals surface area contributed by atoms with Crippen LogP contribution in [0.3, 0.4) is 0 Å². The number of likely N-dealkylation sites (tertiary alicyclic amines) is 1. The highest BCUT2D eigenvalue weighted by atomic mass is 16.2. The Hall–Kier alpha value is -3.21. The van der Waals surface area contributed by atoms with Crippen molar-refractivity contribution in [3.05, 3.63) is 72.4 Å². The summed E-state index contributed by atoms with van der Waals surface area (Å²) in [7, 11) is 0. The quantitative estimate of drug-likeness (QED) is 0.790. The normalized spacial score (nSPS) is 16.6. The molecule has 130 valence electrons. The first kappa shape index (κ1) is 16.3. The number of aromatic nitrogens is 1. The summed E-state index contributed by atoms with van der Waals surface area (Å²) in [6, 6.07) is 20.2. The minimum absolute atomic E-state index is 0.150. The molecule has 1 aliphatic rings. The molecule has 3 aromatic rings. The number of carbonyl (C=O) groups is 2. The van der Waals surface area contributed by atoms with E-state index in [4.69, 9.17) is 0 Å². The predicted molar refractivity (Wildman–Crippen MR) is 101 cm³/mol. The van der Waals surface area contributed by atoms with Gasteiger partial charge in [-0.3, -0.25) is 9.59 Å². The highest BCUT2D eigenvalue weighted by Gasteiger charge is 2.35. The second-order valence-corrected chi connectivity index (χ2v) is 6.40.